The molecule has 0 aliphatic carbocycles. The normalized spacial score (nSPS) is 11.2. The lowest BCUT2D eigenvalue weighted by molar-refractivity contribution is 0.0697. The summed E-state index contributed by atoms with van der Waals surface area (Å²) >= 11 is 0. The van der Waals surface area contributed by atoms with Crippen LogP contribution in [0.15, 0.2) is 16.5 Å². The maximum absolute atomic E-state index is 11.1. The Hall–Kier alpha value is -1.84. The third-order valence-electron chi connectivity index (χ3n) is 2.38. The number of carboxylic acids is 1. The van der Waals surface area contributed by atoms with Gasteiger partial charge in [0.1, 0.15) is 11.1 Å². The lowest BCUT2D eigenvalue weighted by atomic mass is 10.1. The number of fused-ring (bicyclic) bond motifs is 1. The van der Waals surface area contributed by atoms with Crippen LogP contribution in [0.25, 0.3) is 11.1 Å². The standard InChI is InChI=1S/C12H13NO3/c1-6(2)11-13-9-5-7(3)4-8(12(14)15)10(9)16-11/h4-6H,1-3H3,(H,14,15). The van der Waals surface area contributed by atoms with Crippen molar-refractivity contribution in [2.24, 2.45) is 0 Å². The van der Waals surface area contributed by atoms with E-state index in [0.29, 0.717) is 17.0 Å². The Kier molecular flexibility index (Phi) is 2.42. The van der Waals surface area contributed by atoms with Crippen LogP contribution in [-0.4, -0.2) is 16.1 Å². The molecule has 2 rings (SSSR count). The number of hydrogen-bond acceptors (Lipinski definition) is 3. The van der Waals surface area contributed by atoms with Crippen molar-refractivity contribution in [2.75, 3.05) is 0 Å². The van der Waals surface area contributed by atoms with Gasteiger partial charge in [0.15, 0.2) is 11.5 Å². The van der Waals surface area contributed by atoms with Gasteiger partial charge >= 0.3 is 5.97 Å². The highest BCUT2D eigenvalue weighted by Crippen LogP contribution is 2.25. The average molecular weight is 219 g/mol. The molecule has 1 aromatic heterocycles. The van der Waals surface area contributed by atoms with E-state index in [0.717, 1.165) is 5.56 Å². The quantitative estimate of drug-likeness (QED) is 0.843. The first kappa shape index (κ1) is 10.7. The summed E-state index contributed by atoms with van der Waals surface area (Å²) in [5.41, 5.74) is 2.02. The van der Waals surface area contributed by atoms with Crippen molar-refractivity contribution >= 4 is 17.1 Å². The van der Waals surface area contributed by atoms with Crippen molar-refractivity contribution in [3.8, 4) is 0 Å². The van der Waals surface area contributed by atoms with Crippen LogP contribution in [0.1, 0.15) is 41.6 Å². The molecule has 0 unspecified atom stereocenters. The van der Waals surface area contributed by atoms with Gasteiger partial charge in [-0.15, -0.1) is 0 Å². The summed E-state index contributed by atoms with van der Waals surface area (Å²) < 4.78 is 5.48. The van der Waals surface area contributed by atoms with Crippen LogP contribution >= 0.6 is 0 Å². The number of oxazole rings is 1. The summed E-state index contributed by atoms with van der Waals surface area (Å²) in [4.78, 5) is 15.3. The molecule has 1 N–H and O–H groups in total. The first-order valence-corrected chi connectivity index (χ1v) is 5.13. The molecule has 0 amide bonds. The van der Waals surface area contributed by atoms with Crippen molar-refractivity contribution in [3.63, 3.8) is 0 Å². The van der Waals surface area contributed by atoms with Crippen molar-refractivity contribution in [3.05, 3.63) is 29.2 Å². The molecule has 0 saturated heterocycles. The predicted octanol–water partition coefficient (Wildman–Crippen LogP) is 2.96. The third-order valence-corrected chi connectivity index (χ3v) is 2.38. The first-order chi connectivity index (χ1) is 7.49. The van der Waals surface area contributed by atoms with Crippen LogP contribution < -0.4 is 0 Å². The van der Waals surface area contributed by atoms with Crippen LogP contribution in [0.3, 0.4) is 0 Å². The lowest BCUT2D eigenvalue weighted by Gasteiger charge is -1.97. The fourth-order valence-electron chi connectivity index (χ4n) is 1.60. The zero-order valence-corrected chi connectivity index (χ0v) is 9.44. The van der Waals surface area contributed by atoms with Gasteiger partial charge < -0.3 is 9.52 Å². The Labute approximate surface area is 92.9 Å². The van der Waals surface area contributed by atoms with Crippen molar-refractivity contribution in [1.82, 2.24) is 4.98 Å². The molecule has 4 heteroatoms. The second-order valence-electron chi connectivity index (χ2n) is 4.17. The Morgan fingerprint density at radius 1 is 1.44 bits per heavy atom. The molecule has 0 fully saturated rings. The Balaban J connectivity index is 2.75. The molecule has 0 spiro atoms. The van der Waals surface area contributed by atoms with Crippen LogP contribution in [-0.2, 0) is 0 Å². The molecular weight excluding hydrogens is 206 g/mol. The van der Waals surface area contributed by atoms with E-state index < -0.39 is 5.97 Å². The molecule has 84 valence electrons. The van der Waals surface area contributed by atoms with E-state index >= 15 is 0 Å². The number of carbonyl (C=O) groups is 1. The minimum absolute atomic E-state index is 0.148. The molecule has 0 aliphatic heterocycles. The molecule has 0 radical (unpaired) electrons. The largest absolute Gasteiger partial charge is 0.478 e. The van der Waals surface area contributed by atoms with Crippen molar-refractivity contribution in [1.29, 1.82) is 0 Å². The summed E-state index contributed by atoms with van der Waals surface area (Å²) in [5.74, 6) is -0.266. The maximum atomic E-state index is 11.1. The van der Waals surface area contributed by atoms with Crippen LogP contribution in [0.5, 0.6) is 0 Å². The number of aryl methyl sites for hydroxylation is 1. The van der Waals surface area contributed by atoms with Gasteiger partial charge in [0.05, 0.1) is 0 Å². The van der Waals surface area contributed by atoms with Crippen LogP contribution in [0.2, 0.25) is 0 Å². The lowest BCUT2D eigenvalue weighted by Crippen LogP contribution is -1.97. The van der Waals surface area contributed by atoms with Gasteiger partial charge in [-0.3, -0.25) is 0 Å². The van der Waals surface area contributed by atoms with E-state index in [1.165, 1.54) is 0 Å². The second kappa shape index (κ2) is 3.63. The molecule has 1 aromatic carbocycles. The van der Waals surface area contributed by atoms with E-state index in [1.807, 2.05) is 26.8 Å². The van der Waals surface area contributed by atoms with Crippen LogP contribution in [0.4, 0.5) is 0 Å². The van der Waals surface area contributed by atoms with Gasteiger partial charge in [-0.25, -0.2) is 9.78 Å². The van der Waals surface area contributed by atoms with Crippen molar-refractivity contribution in [2.45, 2.75) is 26.7 Å². The third kappa shape index (κ3) is 1.66. The number of benzene rings is 1. The molecule has 16 heavy (non-hydrogen) atoms. The van der Waals surface area contributed by atoms with Gasteiger partial charge in [-0.1, -0.05) is 13.8 Å². The molecule has 0 atom stereocenters. The van der Waals surface area contributed by atoms with E-state index in [1.54, 1.807) is 6.07 Å². The SMILES string of the molecule is Cc1cc(C(=O)O)c2oc(C(C)C)nc2c1. The monoisotopic (exact) mass is 219 g/mol. The highest BCUT2D eigenvalue weighted by Gasteiger charge is 2.16. The number of rotatable bonds is 2. The topological polar surface area (TPSA) is 63.3 Å². The predicted molar refractivity (Wildman–Crippen MR) is 59.8 cm³/mol. The molecule has 2 aromatic rings. The minimum atomic E-state index is -0.986. The summed E-state index contributed by atoms with van der Waals surface area (Å²) in [6.07, 6.45) is 0. The van der Waals surface area contributed by atoms with E-state index in [4.69, 9.17) is 9.52 Å². The molecule has 0 saturated carbocycles. The highest BCUT2D eigenvalue weighted by atomic mass is 16.4. The highest BCUT2D eigenvalue weighted by molar-refractivity contribution is 6.00. The summed E-state index contributed by atoms with van der Waals surface area (Å²) in [6.45, 7) is 5.76. The molecule has 4 nitrogen and oxygen atoms in total. The molecular formula is C12H13NO3. The zero-order valence-electron chi connectivity index (χ0n) is 9.44. The molecule has 0 bridgehead atoms. The van der Waals surface area contributed by atoms with Crippen LogP contribution in [0, 0.1) is 6.92 Å². The molecule has 0 aliphatic rings. The Morgan fingerprint density at radius 3 is 2.69 bits per heavy atom. The summed E-state index contributed by atoms with van der Waals surface area (Å²) in [6, 6.07) is 3.43. The average Bonchev–Trinajstić information content (AvgIpc) is 2.59. The van der Waals surface area contributed by atoms with Crippen molar-refractivity contribution < 1.29 is 14.3 Å². The number of hydrogen-bond donors (Lipinski definition) is 1. The van der Waals surface area contributed by atoms with Gasteiger partial charge in [0, 0.05) is 5.92 Å². The fourth-order valence-corrected chi connectivity index (χ4v) is 1.60. The Morgan fingerprint density at radius 2 is 2.12 bits per heavy atom. The molecule has 1 heterocycles. The summed E-state index contributed by atoms with van der Waals surface area (Å²) in [7, 11) is 0. The number of aromatic nitrogens is 1. The van der Waals surface area contributed by atoms with Gasteiger partial charge in [-0.2, -0.15) is 0 Å². The van der Waals surface area contributed by atoms with Gasteiger partial charge in [-0.05, 0) is 24.6 Å². The van der Waals surface area contributed by atoms with Gasteiger partial charge in [0.25, 0.3) is 0 Å². The fraction of sp³-hybridized carbons (Fsp3) is 0.333. The number of nitrogens with zero attached hydrogens (tertiary/aromatic N) is 1. The number of aromatic carboxylic acids is 1. The van der Waals surface area contributed by atoms with E-state index in [-0.39, 0.29) is 11.5 Å². The maximum Gasteiger partial charge on any atom is 0.339 e. The Bertz CT molecular complexity index is 555. The minimum Gasteiger partial charge on any atom is -0.478 e. The smallest absolute Gasteiger partial charge is 0.339 e. The zero-order chi connectivity index (χ0) is 11.9. The van der Waals surface area contributed by atoms with E-state index in [9.17, 15) is 4.79 Å². The second-order valence-corrected chi connectivity index (χ2v) is 4.17. The number of carboxylic acid groups (broad SMARTS) is 1. The van der Waals surface area contributed by atoms with E-state index in [2.05, 4.69) is 4.98 Å². The van der Waals surface area contributed by atoms with Gasteiger partial charge in [0.2, 0.25) is 0 Å². The first-order valence-electron chi connectivity index (χ1n) is 5.13. The summed E-state index contributed by atoms with van der Waals surface area (Å²) in [5, 5.41) is 9.07.